The van der Waals surface area contributed by atoms with Gasteiger partial charge >= 0.3 is 12.1 Å². The van der Waals surface area contributed by atoms with Gasteiger partial charge in [0.25, 0.3) is 5.91 Å². The summed E-state index contributed by atoms with van der Waals surface area (Å²) in [5.74, 6) is -1.01. The number of carbonyl (C=O) groups is 2. The summed E-state index contributed by atoms with van der Waals surface area (Å²) in [5.41, 5.74) is -0.849. The highest BCUT2D eigenvalue weighted by Crippen LogP contribution is 2.31. The molecule has 1 saturated heterocycles. The van der Waals surface area contributed by atoms with Crippen LogP contribution in [0, 0.1) is 0 Å². The zero-order valence-electron chi connectivity index (χ0n) is 13.1. The Morgan fingerprint density at radius 3 is 2.71 bits per heavy atom. The maximum atomic E-state index is 12.7. The molecule has 0 radical (unpaired) electrons. The number of piperidine rings is 1. The van der Waals surface area contributed by atoms with Crippen molar-refractivity contribution in [3.8, 4) is 5.75 Å². The number of likely N-dealkylation sites (tertiary alicyclic amines) is 1. The van der Waals surface area contributed by atoms with Crippen LogP contribution < -0.4 is 4.74 Å². The zero-order chi connectivity index (χ0) is 17.7. The molecule has 1 unspecified atom stereocenters. The van der Waals surface area contributed by atoms with Crippen molar-refractivity contribution in [3.05, 3.63) is 29.8 Å². The Bertz CT molecular complexity index is 603. The molecule has 24 heavy (non-hydrogen) atoms. The van der Waals surface area contributed by atoms with Crippen LogP contribution in [-0.4, -0.2) is 43.1 Å². The Balaban J connectivity index is 2.00. The normalized spacial score (nSPS) is 18.2. The Labute approximate surface area is 137 Å². The summed E-state index contributed by atoms with van der Waals surface area (Å²) >= 11 is 0. The van der Waals surface area contributed by atoms with Crippen LogP contribution in [0.2, 0.25) is 0 Å². The summed E-state index contributed by atoms with van der Waals surface area (Å²) in [6.45, 7) is -0.0423. The zero-order valence-corrected chi connectivity index (χ0v) is 13.1. The Hall–Kier alpha value is -2.25. The van der Waals surface area contributed by atoms with Crippen LogP contribution in [0.1, 0.15) is 24.8 Å². The van der Waals surface area contributed by atoms with Gasteiger partial charge < -0.3 is 14.4 Å². The van der Waals surface area contributed by atoms with E-state index in [2.05, 4.69) is 4.74 Å². The molecule has 1 fully saturated rings. The van der Waals surface area contributed by atoms with E-state index in [1.54, 1.807) is 0 Å². The second-order valence-corrected chi connectivity index (χ2v) is 5.44. The number of methoxy groups -OCH3 is 1. The van der Waals surface area contributed by atoms with Gasteiger partial charge in [-0.15, -0.1) is 0 Å². The van der Waals surface area contributed by atoms with Gasteiger partial charge in [-0.05, 0) is 37.5 Å². The minimum absolute atomic E-state index is 0.0511. The molecule has 0 aromatic heterocycles. The fourth-order valence-electron chi connectivity index (χ4n) is 2.60. The third kappa shape index (κ3) is 4.39. The van der Waals surface area contributed by atoms with E-state index >= 15 is 0 Å². The van der Waals surface area contributed by atoms with E-state index in [1.807, 2.05) is 0 Å². The minimum atomic E-state index is -4.48. The Morgan fingerprint density at radius 2 is 2.04 bits per heavy atom. The van der Waals surface area contributed by atoms with E-state index in [4.69, 9.17) is 4.74 Å². The molecule has 0 bridgehead atoms. The fraction of sp³-hybridized carbons (Fsp3) is 0.500. The van der Waals surface area contributed by atoms with E-state index in [9.17, 15) is 22.8 Å². The van der Waals surface area contributed by atoms with Crippen molar-refractivity contribution in [1.29, 1.82) is 0 Å². The maximum Gasteiger partial charge on any atom is 0.416 e. The number of nitrogens with zero attached hydrogens (tertiary/aromatic N) is 1. The van der Waals surface area contributed by atoms with Gasteiger partial charge in [0.15, 0.2) is 6.61 Å². The first-order valence-corrected chi connectivity index (χ1v) is 7.50. The lowest BCUT2D eigenvalue weighted by Gasteiger charge is -2.33. The summed E-state index contributed by atoms with van der Waals surface area (Å²) in [7, 11) is 1.25. The number of halogens is 3. The van der Waals surface area contributed by atoms with Crippen LogP contribution in [0.25, 0.3) is 0 Å². The van der Waals surface area contributed by atoms with Gasteiger partial charge in [-0.2, -0.15) is 13.2 Å². The highest BCUT2D eigenvalue weighted by Gasteiger charge is 2.33. The smallest absolute Gasteiger partial charge is 0.416 e. The van der Waals surface area contributed by atoms with Gasteiger partial charge in [0.05, 0.1) is 12.7 Å². The predicted octanol–water partition coefficient (Wildman–Crippen LogP) is 2.64. The van der Waals surface area contributed by atoms with E-state index in [0.717, 1.165) is 25.0 Å². The summed E-state index contributed by atoms with van der Waals surface area (Å²) in [4.78, 5) is 25.3. The van der Waals surface area contributed by atoms with Crippen LogP contribution >= 0.6 is 0 Å². The first-order chi connectivity index (χ1) is 11.3. The highest BCUT2D eigenvalue weighted by atomic mass is 19.4. The molecule has 1 aromatic rings. The lowest BCUT2D eigenvalue weighted by molar-refractivity contribution is -0.155. The van der Waals surface area contributed by atoms with Gasteiger partial charge in [0.2, 0.25) is 0 Å². The molecule has 0 N–H and O–H groups in total. The van der Waals surface area contributed by atoms with Gasteiger partial charge in [-0.3, -0.25) is 4.79 Å². The average molecular weight is 345 g/mol. The molecule has 0 saturated carbocycles. The van der Waals surface area contributed by atoms with Crippen LogP contribution in [-0.2, 0) is 20.5 Å². The fourth-order valence-corrected chi connectivity index (χ4v) is 2.60. The molecule has 0 spiro atoms. The summed E-state index contributed by atoms with van der Waals surface area (Å²) in [5, 5.41) is 0. The van der Waals surface area contributed by atoms with Crippen LogP contribution in [0.4, 0.5) is 13.2 Å². The largest absolute Gasteiger partial charge is 0.484 e. The first-order valence-electron chi connectivity index (χ1n) is 7.50. The standard InChI is InChI=1S/C16H18F3NO4/c1-23-15(22)13-7-2-3-8-20(13)14(21)10-24-12-6-4-5-11(9-12)16(17,18)19/h4-6,9,13H,2-3,7-8,10H2,1H3. The summed E-state index contributed by atoms with van der Waals surface area (Å²) in [6.07, 6.45) is -2.42. The van der Waals surface area contributed by atoms with E-state index in [-0.39, 0.29) is 5.75 Å². The van der Waals surface area contributed by atoms with E-state index < -0.39 is 36.3 Å². The summed E-state index contributed by atoms with van der Waals surface area (Å²) in [6, 6.07) is 3.65. The molecule has 0 aliphatic carbocycles. The number of hydrogen-bond donors (Lipinski definition) is 0. The molecule has 2 rings (SSSR count). The number of esters is 1. The highest BCUT2D eigenvalue weighted by molar-refractivity contribution is 5.85. The maximum absolute atomic E-state index is 12.7. The van der Waals surface area contributed by atoms with Crippen molar-refractivity contribution < 1.29 is 32.2 Å². The monoisotopic (exact) mass is 345 g/mol. The SMILES string of the molecule is COC(=O)C1CCCCN1C(=O)COc1cccc(C(F)(F)F)c1. The molecule has 1 heterocycles. The molecule has 1 amide bonds. The number of rotatable bonds is 4. The second kappa shape index (κ2) is 7.55. The van der Waals surface area contributed by atoms with Crippen LogP contribution in [0.5, 0.6) is 5.75 Å². The lowest BCUT2D eigenvalue weighted by atomic mass is 10.0. The Morgan fingerprint density at radius 1 is 1.29 bits per heavy atom. The van der Waals surface area contributed by atoms with Crippen LogP contribution in [0.3, 0.4) is 0 Å². The minimum Gasteiger partial charge on any atom is -0.484 e. The number of hydrogen-bond acceptors (Lipinski definition) is 4. The molecule has 1 aromatic carbocycles. The molecular formula is C16H18F3NO4. The molecule has 1 aliphatic heterocycles. The number of benzene rings is 1. The topological polar surface area (TPSA) is 55.8 Å². The molecule has 1 aliphatic rings. The lowest BCUT2D eigenvalue weighted by Crippen LogP contribution is -2.50. The van der Waals surface area contributed by atoms with Crippen molar-refractivity contribution in [2.24, 2.45) is 0 Å². The van der Waals surface area contributed by atoms with Crippen molar-refractivity contribution in [2.45, 2.75) is 31.5 Å². The van der Waals surface area contributed by atoms with Gasteiger partial charge in [0.1, 0.15) is 11.8 Å². The quantitative estimate of drug-likeness (QED) is 0.788. The predicted molar refractivity (Wildman–Crippen MR) is 78.3 cm³/mol. The van der Waals surface area contributed by atoms with Crippen molar-refractivity contribution in [3.63, 3.8) is 0 Å². The molecule has 132 valence electrons. The summed E-state index contributed by atoms with van der Waals surface area (Å²) < 4.78 is 47.8. The molecular weight excluding hydrogens is 327 g/mol. The number of amides is 1. The third-order valence-corrected chi connectivity index (χ3v) is 3.82. The first kappa shape index (κ1) is 18.1. The number of carbonyl (C=O) groups excluding carboxylic acids is 2. The van der Waals surface area contributed by atoms with E-state index in [1.165, 1.54) is 24.1 Å². The van der Waals surface area contributed by atoms with E-state index in [0.29, 0.717) is 13.0 Å². The molecule has 5 nitrogen and oxygen atoms in total. The van der Waals surface area contributed by atoms with Gasteiger partial charge in [-0.1, -0.05) is 6.07 Å². The van der Waals surface area contributed by atoms with Crippen molar-refractivity contribution in [1.82, 2.24) is 4.90 Å². The third-order valence-electron chi connectivity index (χ3n) is 3.82. The number of ether oxygens (including phenoxy) is 2. The second-order valence-electron chi connectivity index (χ2n) is 5.44. The van der Waals surface area contributed by atoms with Gasteiger partial charge in [0, 0.05) is 6.54 Å². The Kier molecular flexibility index (Phi) is 5.69. The molecule has 1 atom stereocenters. The average Bonchev–Trinajstić information content (AvgIpc) is 2.58. The van der Waals surface area contributed by atoms with Crippen molar-refractivity contribution >= 4 is 11.9 Å². The van der Waals surface area contributed by atoms with Crippen LogP contribution in [0.15, 0.2) is 24.3 Å². The van der Waals surface area contributed by atoms with Gasteiger partial charge in [-0.25, -0.2) is 4.79 Å². The molecule has 8 heteroatoms. The number of alkyl halides is 3. The van der Waals surface area contributed by atoms with Crippen molar-refractivity contribution in [2.75, 3.05) is 20.3 Å².